The molecule has 1 atom stereocenters. The van der Waals surface area contributed by atoms with Gasteiger partial charge >= 0.3 is 6.03 Å². The van der Waals surface area contributed by atoms with E-state index >= 15 is 0 Å². The molecule has 1 fully saturated rings. The molecule has 0 radical (unpaired) electrons. The highest BCUT2D eigenvalue weighted by molar-refractivity contribution is 7.92. The SMILES string of the molecule is C=CS(=O)(=O)N1CCC[C@@H](NC(=O)c2sc3nccc4c3c2NC(=O)N4c2ccc(Oc3ccccc3)cc2C)C1. The van der Waals surface area contributed by atoms with E-state index in [1.807, 2.05) is 55.5 Å². The van der Waals surface area contributed by atoms with Crippen molar-refractivity contribution in [2.24, 2.45) is 0 Å². The number of anilines is 3. The highest BCUT2D eigenvalue weighted by Crippen LogP contribution is 2.46. The lowest BCUT2D eigenvalue weighted by Gasteiger charge is -2.31. The number of ether oxygens (including phenoxy) is 1. The zero-order valence-electron chi connectivity index (χ0n) is 22.2. The van der Waals surface area contributed by atoms with E-state index in [0.717, 1.165) is 11.0 Å². The van der Waals surface area contributed by atoms with Crippen LogP contribution in [0.15, 0.2) is 72.8 Å². The Kier molecular flexibility index (Phi) is 6.98. The number of urea groups is 1. The second-order valence-electron chi connectivity index (χ2n) is 9.83. The van der Waals surface area contributed by atoms with Crippen molar-refractivity contribution >= 4 is 60.6 Å². The number of nitrogens with zero attached hydrogens (tertiary/aromatic N) is 3. The van der Waals surface area contributed by atoms with Crippen LogP contribution in [0.1, 0.15) is 28.1 Å². The molecule has 210 valence electrons. The lowest BCUT2D eigenvalue weighted by Crippen LogP contribution is -2.49. The Morgan fingerprint density at radius 1 is 1.17 bits per heavy atom. The van der Waals surface area contributed by atoms with E-state index in [9.17, 15) is 18.0 Å². The van der Waals surface area contributed by atoms with Crippen LogP contribution in [0.5, 0.6) is 11.5 Å². The number of hydrogen-bond donors (Lipinski definition) is 2. The summed E-state index contributed by atoms with van der Waals surface area (Å²) < 4.78 is 31.8. The van der Waals surface area contributed by atoms with Crippen molar-refractivity contribution in [2.75, 3.05) is 23.3 Å². The summed E-state index contributed by atoms with van der Waals surface area (Å²) in [6.45, 7) is 5.84. The van der Waals surface area contributed by atoms with E-state index in [0.29, 0.717) is 63.0 Å². The van der Waals surface area contributed by atoms with E-state index in [2.05, 4.69) is 22.2 Å². The Morgan fingerprint density at radius 2 is 1.98 bits per heavy atom. The Balaban J connectivity index is 1.29. The molecule has 0 saturated carbocycles. The molecule has 10 nitrogen and oxygen atoms in total. The zero-order valence-corrected chi connectivity index (χ0v) is 23.8. The van der Waals surface area contributed by atoms with Crippen molar-refractivity contribution in [1.29, 1.82) is 0 Å². The number of carbonyl (C=O) groups is 2. The number of aromatic nitrogens is 1. The third-order valence-electron chi connectivity index (χ3n) is 7.13. The minimum absolute atomic E-state index is 0.160. The quantitative estimate of drug-likeness (QED) is 0.283. The smallest absolute Gasteiger partial charge is 0.331 e. The lowest BCUT2D eigenvalue weighted by molar-refractivity contribution is 0.0926. The van der Waals surface area contributed by atoms with Crippen molar-refractivity contribution in [3.8, 4) is 11.5 Å². The van der Waals surface area contributed by atoms with Crippen LogP contribution in [0.2, 0.25) is 0 Å². The molecular formula is C29H27N5O5S2. The van der Waals surface area contributed by atoms with Gasteiger partial charge in [-0.05, 0) is 61.7 Å². The minimum Gasteiger partial charge on any atom is -0.457 e. The number of benzene rings is 2. The second kappa shape index (κ2) is 10.6. The Hall–Kier alpha value is -4.26. The van der Waals surface area contributed by atoms with Crippen molar-refractivity contribution in [2.45, 2.75) is 25.8 Å². The molecule has 2 aliphatic rings. The van der Waals surface area contributed by atoms with Crippen LogP contribution in [-0.4, -0.2) is 48.8 Å². The number of sulfonamides is 1. The first-order valence-electron chi connectivity index (χ1n) is 13.0. The summed E-state index contributed by atoms with van der Waals surface area (Å²) in [5.41, 5.74) is 2.51. The van der Waals surface area contributed by atoms with Gasteiger partial charge < -0.3 is 15.4 Å². The number of hydrogen-bond acceptors (Lipinski definition) is 7. The second-order valence-corrected chi connectivity index (χ2v) is 12.7. The van der Waals surface area contributed by atoms with Gasteiger partial charge in [0.15, 0.2) is 0 Å². The van der Waals surface area contributed by atoms with Gasteiger partial charge in [-0.2, -0.15) is 4.31 Å². The summed E-state index contributed by atoms with van der Waals surface area (Å²) >= 11 is 1.18. The van der Waals surface area contributed by atoms with E-state index < -0.39 is 16.1 Å². The Bertz CT molecular complexity index is 1790. The van der Waals surface area contributed by atoms with Gasteiger partial charge in [0.05, 0.1) is 22.4 Å². The van der Waals surface area contributed by atoms with Crippen LogP contribution < -0.4 is 20.3 Å². The van der Waals surface area contributed by atoms with Crippen molar-refractivity contribution in [1.82, 2.24) is 14.6 Å². The molecule has 2 aromatic carbocycles. The largest absolute Gasteiger partial charge is 0.457 e. The van der Waals surface area contributed by atoms with Gasteiger partial charge in [-0.25, -0.2) is 18.2 Å². The first-order valence-corrected chi connectivity index (χ1v) is 15.4. The molecule has 2 aliphatic heterocycles. The number of piperidine rings is 1. The maximum Gasteiger partial charge on any atom is 0.331 e. The van der Waals surface area contributed by atoms with Gasteiger partial charge in [-0.3, -0.25) is 9.69 Å². The highest BCUT2D eigenvalue weighted by Gasteiger charge is 2.34. The Morgan fingerprint density at radius 3 is 2.73 bits per heavy atom. The highest BCUT2D eigenvalue weighted by atomic mass is 32.2. The van der Waals surface area contributed by atoms with E-state index in [1.165, 1.54) is 15.6 Å². The molecule has 2 aromatic heterocycles. The Labute approximate surface area is 241 Å². The van der Waals surface area contributed by atoms with Gasteiger partial charge in [-0.1, -0.05) is 24.8 Å². The molecule has 41 heavy (non-hydrogen) atoms. The van der Waals surface area contributed by atoms with Crippen LogP contribution in [0.3, 0.4) is 0 Å². The normalized spacial score (nSPS) is 17.2. The van der Waals surface area contributed by atoms with Gasteiger partial charge in [0.1, 0.15) is 21.2 Å². The summed E-state index contributed by atoms with van der Waals surface area (Å²) in [5, 5.41) is 7.46. The molecule has 6 rings (SSSR count). The van der Waals surface area contributed by atoms with Crippen LogP contribution in [-0.2, 0) is 10.0 Å². The predicted octanol–water partition coefficient (Wildman–Crippen LogP) is 5.75. The van der Waals surface area contributed by atoms with E-state index in [-0.39, 0.29) is 18.5 Å². The predicted molar refractivity (Wildman–Crippen MR) is 160 cm³/mol. The molecule has 0 spiro atoms. The summed E-state index contributed by atoms with van der Waals surface area (Å²) in [7, 11) is -3.58. The van der Waals surface area contributed by atoms with Gasteiger partial charge in [0.25, 0.3) is 5.91 Å². The molecule has 12 heteroatoms. The van der Waals surface area contributed by atoms with Crippen LogP contribution in [0, 0.1) is 6.92 Å². The summed E-state index contributed by atoms with van der Waals surface area (Å²) in [6, 6.07) is 15.9. The number of aryl methyl sites for hydroxylation is 1. The number of rotatable bonds is 7. The van der Waals surface area contributed by atoms with Gasteiger partial charge in [-0.15, -0.1) is 11.3 Å². The average Bonchev–Trinajstić information content (AvgIpc) is 3.34. The number of pyridine rings is 1. The molecular weight excluding hydrogens is 562 g/mol. The summed E-state index contributed by atoms with van der Waals surface area (Å²) in [4.78, 5) is 33.9. The summed E-state index contributed by atoms with van der Waals surface area (Å²) in [6.07, 6.45) is 2.87. The molecule has 0 unspecified atom stereocenters. The lowest BCUT2D eigenvalue weighted by atomic mass is 10.1. The molecule has 0 bridgehead atoms. The fourth-order valence-electron chi connectivity index (χ4n) is 5.20. The standard InChI is InChI=1S/C29H27N5O5S2/c1-3-41(37,38)33-15-7-8-19(17-33)31-27(35)26-25-24-23(13-14-30-28(24)40-26)34(29(36)32-25)22-12-11-21(16-18(22)2)39-20-9-5-4-6-10-20/h3-6,9-14,16,19H,1,7-8,15,17H2,2H3,(H,31,35)(H,32,36)/t19-/m1/s1. The third-order valence-corrected chi connectivity index (χ3v) is 9.70. The number of carbonyl (C=O) groups excluding carboxylic acids is 2. The molecule has 3 amide bonds. The van der Waals surface area contributed by atoms with E-state index in [4.69, 9.17) is 4.74 Å². The van der Waals surface area contributed by atoms with Gasteiger partial charge in [0.2, 0.25) is 10.0 Å². The minimum atomic E-state index is -3.58. The molecule has 2 N–H and O–H groups in total. The van der Waals surface area contributed by atoms with Crippen LogP contribution in [0.25, 0.3) is 10.2 Å². The zero-order chi connectivity index (χ0) is 28.7. The van der Waals surface area contributed by atoms with Gasteiger partial charge in [0, 0.05) is 30.7 Å². The summed E-state index contributed by atoms with van der Waals surface area (Å²) in [5.74, 6) is 0.972. The molecule has 4 heterocycles. The first kappa shape index (κ1) is 26.9. The maximum atomic E-state index is 13.5. The molecule has 4 aromatic rings. The molecule has 0 aliphatic carbocycles. The van der Waals surface area contributed by atoms with Crippen molar-refractivity contribution in [3.05, 3.63) is 83.2 Å². The number of amides is 3. The van der Waals surface area contributed by atoms with Crippen LogP contribution >= 0.6 is 11.3 Å². The van der Waals surface area contributed by atoms with Crippen LogP contribution in [0.4, 0.5) is 21.9 Å². The van der Waals surface area contributed by atoms with E-state index in [1.54, 1.807) is 17.2 Å². The number of para-hydroxylation sites is 1. The maximum absolute atomic E-state index is 13.5. The topological polar surface area (TPSA) is 121 Å². The molecule has 1 saturated heterocycles. The first-order chi connectivity index (χ1) is 19.7. The average molecular weight is 590 g/mol. The number of nitrogens with one attached hydrogen (secondary N) is 2. The third kappa shape index (κ3) is 5.05. The van der Waals surface area contributed by atoms with Crippen molar-refractivity contribution in [3.63, 3.8) is 0 Å². The fourth-order valence-corrected chi connectivity index (χ4v) is 7.20. The fraction of sp³-hybridized carbons (Fsp3) is 0.207. The monoisotopic (exact) mass is 589 g/mol. The van der Waals surface area contributed by atoms with Crippen molar-refractivity contribution < 1.29 is 22.7 Å². The number of thiophene rings is 1.